The van der Waals surface area contributed by atoms with Crippen LogP contribution in [0.25, 0.3) is 65.7 Å². The first-order chi connectivity index (χ1) is 23.3. The summed E-state index contributed by atoms with van der Waals surface area (Å²) in [4.78, 5) is 12.7. The van der Waals surface area contributed by atoms with Crippen LogP contribution in [0.1, 0.15) is 11.5 Å². The highest BCUT2D eigenvalue weighted by Gasteiger charge is 2.38. The van der Waals surface area contributed by atoms with E-state index in [1.165, 1.54) is 49.6 Å². The minimum Gasteiger partial charge on any atom is -0.333 e. The molecule has 2 unspecified atom stereocenters. The molecule has 3 heteroatoms. The van der Waals surface area contributed by atoms with Gasteiger partial charge in [-0.25, -0.2) is 4.98 Å². The van der Waals surface area contributed by atoms with Crippen LogP contribution in [0, 0.1) is 0 Å². The zero-order valence-corrected chi connectivity index (χ0v) is 25.6. The fourth-order valence-electron chi connectivity index (χ4n) is 7.81. The normalized spacial score (nSPS) is 16.7. The Morgan fingerprint density at radius 3 is 1.94 bits per heavy atom. The molecule has 0 saturated heterocycles. The van der Waals surface area contributed by atoms with Gasteiger partial charge in [-0.1, -0.05) is 140 Å². The number of fused-ring (bicyclic) bond motifs is 10. The van der Waals surface area contributed by atoms with Gasteiger partial charge in [-0.15, -0.1) is 0 Å². The second-order valence-electron chi connectivity index (χ2n) is 12.5. The maximum Gasteiger partial charge on any atom is 0.0979 e. The third-order valence-corrected chi connectivity index (χ3v) is 10.0. The third kappa shape index (κ3) is 4.00. The zero-order valence-electron chi connectivity index (χ0n) is 25.6. The highest BCUT2D eigenvalue weighted by atomic mass is 15.2. The van der Waals surface area contributed by atoms with Crippen molar-refractivity contribution >= 4 is 54.7 Å². The van der Waals surface area contributed by atoms with Gasteiger partial charge in [0.1, 0.15) is 0 Å². The fraction of sp³-hybridized carbons (Fsp3) is 0.0455. The summed E-state index contributed by atoms with van der Waals surface area (Å²) < 4.78 is 0. The van der Waals surface area contributed by atoms with E-state index in [-0.39, 0.29) is 6.04 Å². The van der Waals surface area contributed by atoms with Gasteiger partial charge in [0.05, 0.1) is 29.0 Å². The Balaban J connectivity index is 1.04. The molecule has 0 N–H and O–H groups in total. The highest BCUT2D eigenvalue weighted by Crippen LogP contribution is 2.50. The van der Waals surface area contributed by atoms with Gasteiger partial charge in [-0.05, 0) is 51.0 Å². The maximum absolute atomic E-state index is 5.20. The predicted molar refractivity (Wildman–Crippen MR) is 196 cm³/mol. The maximum atomic E-state index is 5.20. The van der Waals surface area contributed by atoms with Gasteiger partial charge in [0, 0.05) is 39.0 Å². The van der Waals surface area contributed by atoms with Crippen LogP contribution in [0.5, 0.6) is 0 Å². The molecule has 1 aromatic heterocycles. The number of aromatic nitrogens is 2. The van der Waals surface area contributed by atoms with E-state index < -0.39 is 0 Å². The van der Waals surface area contributed by atoms with Crippen LogP contribution in [0.3, 0.4) is 0 Å². The first-order valence-corrected chi connectivity index (χ1v) is 16.2. The first-order valence-electron chi connectivity index (χ1n) is 16.2. The Kier molecular flexibility index (Phi) is 5.70. The number of anilines is 2. The molecule has 2 aliphatic rings. The number of rotatable bonds is 3. The molecule has 2 atom stereocenters. The molecule has 220 valence electrons. The number of hydrogen-bond acceptors (Lipinski definition) is 3. The summed E-state index contributed by atoms with van der Waals surface area (Å²) in [6, 6.07) is 48.3. The van der Waals surface area contributed by atoms with Crippen molar-refractivity contribution in [3.8, 4) is 22.4 Å². The standard InChI is InChI=1S/C44H29N3/c1-2-12-32-29(10-1)11-9-19-40(32)47-41-18-8-7-15-35(41)38-26-31(24-25-42(38)47)28-20-22-30(23-21-28)39-27-45-43-36-16-5-3-13-33(36)34-14-4-6-17-37(34)44(43)46-39/h1-27,35,41H. The average Bonchev–Trinajstić information content (AvgIpc) is 3.48. The van der Waals surface area contributed by atoms with Gasteiger partial charge in [-0.3, -0.25) is 4.98 Å². The van der Waals surface area contributed by atoms with Crippen molar-refractivity contribution < 1.29 is 0 Å². The smallest absolute Gasteiger partial charge is 0.0979 e. The minimum atomic E-state index is 0.248. The van der Waals surface area contributed by atoms with Gasteiger partial charge in [-0.2, -0.15) is 0 Å². The fourth-order valence-corrected chi connectivity index (χ4v) is 7.81. The highest BCUT2D eigenvalue weighted by molar-refractivity contribution is 6.23. The van der Waals surface area contributed by atoms with Crippen LogP contribution in [0.4, 0.5) is 11.4 Å². The summed E-state index contributed by atoms with van der Waals surface area (Å²) >= 11 is 0. The zero-order chi connectivity index (χ0) is 30.9. The van der Waals surface area contributed by atoms with Crippen LogP contribution >= 0.6 is 0 Å². The van der Waals surface area contributed by atoms with Crippen LogP contribution in [0.15, 0.2) is 164 Å². The van der Waals surface area contributed by atoms with Crippen molar-refractivity contribution in [3.05, 3.63) is 170 Å². The summed E-state index contributed by atoms with van der Waals surface area (Å²) in [5, 5.41) is 7.23. The van der Waals surface area contributed by atoms with Crippen LogP contribution in [-0.2, 0) is 0 Å². The molecule has 0 saturated carbocycles. The lowest BCUT2D eigenvalue weighted by molar-refractivity contribution is 0.746. The quantitative estimate of drug-likeness (QED) is 0.189. The largest absolute Gasteiger partial charge is 0.333 e. The summed E-state index contributed by atoms with van der Waals surface area (Å²) in [6.45, 7) is 0. The second-order valence-corrected chi connectivity index (χ2v) is 12.5. The SMILES string of the molecule is C1=CC2c3cc(-c4ccc(-c5cnc6c7ccccc7c7ccccc7c6n5)cc4)ccc3N(c3cccc4ccccc34)C2C=C1. The molecule has 1 aliphatic heterocycles. The molecular weight excluding hydrogens is 571 g/mol. The van der Waals surface area contributed by atoms with E-state index in [0.29, 0.717) is 5.92 Å². The van der Waals surface area contributed by atoms with E-state index >= 15 is 0 Å². The Bertz CT molecular complexity index is 2560. The Labute approximate surface area is 272 Å². The van der Waals surface area contributed by atoms with E-state index in [1.807, 2.05) is 6.20 Å². The lowest BCUT2D eigenvalue weighted by Crippen LogP contribution is -2.28. The van der Waals surface area contributed by atoms with E-state index in [9.17, 15) is 0 Å². The molecule has 10 rings (SSSR count). The van der Waals surface area contributed by atoms with Crippen LogP contribution in [-0.4, -0.2) is 16.0 Å². The van der Waals surface area contributed by atoms with Crippen molar-refractivity contribution in [2.45, 2.75) is 12.0 Å². The second kappa shape index (κ2) is 10.2. The molecule has 0 fully saturated rings. The van der Waals surface area contributed by atoms with E-state index in [4.69, 9.17) is 9.97 Å². The molecular formula is C44H29N3. The number of allylic oxidation sites excluding steroid dienone is 2. The molecule has 0 radical (unpaired) electrons. The molecule has 0 bridgehead atoms. The van der Waals surface area contributed by atoms with Crippen molar-refractivity contribution in [3.63, 3.8) is 0 Å². The summed E-state index contributed by atoms with van der Waals surface area (Å²) in [6.07, 6.45) is 11.0. The number of benzene rings is 7. The van der Waals surface area contributed by atoms with Gasteiger partial charge in [0.25, 0.3) is 0 Å². The molecule has 1 aliphatic carbocycles. The third-order valence-electron chi connectivity index (χ3n) is 10.0. The molecule has 2 heterocycles. The number of hydrogen-bond donors (Lipinski definition) is 0. The van der Waals surface area contributed by atoms with E-state index in [1.54, 1.807) is 0 Å². The average molecular weight is 600 g/mol. The lowest BCUT2D eigenvalue weighted by atomic mass is 9.89. The van der Waals surface area contributed by atoms with Gasteiger partial charge in [0.15, 0.2) is 0 Å². The predicted octanol–water partition coefficient (Wildman–Crippen LogP) is 11.2. The summed E-state index contributed by atoms with van der Waals surface area (Å²) in [7, 11) is 0. The monoisotopic (exact) mass is 599 g/mol. The minimum absolute atomic E-state index is 0.248. The Morgan fingerprint density at radius 2 is 1.13 bits per heavy atom. The van der Waals surface area contributed by atoms with Crippen molar-refractivity contribution in [1.82, 2.24) is 9.97 Å². The molecule has 0 spiro atoms. The first kappa shape index (κ1) is 26.2. The van der Waals surface area contributed by atoms with Gasteiger partial charge in [0.2, 0.25) is 0 Å². The van der Waals surface area contributed by atoms with Gasteiger partial charge >= 0.3 is 0 Å². The van der Waals surface area contributed by atoms with Crippen molar-refractivity contribution in [2.24, 2.45) is 0 Å². The lowest BCUT2D eigenvalue weighted by Gasteiger charge is -2.29. The van der Waals surface area contributed by atoms with E-state index in [0.717, 1.165) is 33.1 Å². The van der Waals surface area contributed by atoms with E-state index in [2.05, 4.69) is 163 Å². The summed E-state index contributed by atoms with van der Waals surface area (Å²) in [5.41, 5.74) is 10.1. The topological polar surface area (TPSA) is 29.0 Å². The molecule has 0 amide bonds. The van der Waals surface area contributed by atoms with Crippen LogP contribution < -0.4 is 4.90 Å². The Hall–Kier alpha value is -6.06. The molecule has 7 aromatic carbocycles. The van der Waals surface area contributed by atoms with Crippen LogP contribution in [0.2, 0.25) is 0 Å². The van der Waals surface area contributed by atoms with Crippen molar-refractivity contribution in [1.29, 1.82) is 0 Å². The number of nitrogens with zero attached hydrogens (tertiary/aromatic N) is 3. The Morgan fingerprint density at radius 1 is 0.489 bits per heavy atom. The molecule has 47 heavy (non-hydrogen) atoms. The van der Waals surface area contributed by atoms with Gasteiger partial charge < -0.3 is 4.90 Å². The van der Waals surface area contributed by atoms with Crippen molar-refractivity contribution in [2.75, 3.05) is 4.90 Å². The molecule has 8 aromatic rings. The summed E-state index contributed by atoms with van der Waals surface area (Å²) in [5.74, 6) is 0.298. The molecule has 3 nitrogen and oxygen atoms in total.